The monoisotopic (exact) mass is 393 g/mol. The fraction of sp³-hybridized carbons (Fsp3) is 0.619. The molecule has 1 aromatic rings. The van der Waals surface area contributed by atoms with Gasteiger partial charge in [0.2, 0.25) is 11.8 Å². The first-order valence-corrected chi connectivity index (χ1v) is 9.94. The maximum atomic E-state index is 12.8. The fourth-order valence-electron chi connectivity index (χ4n) is 3.99. The number of carbonyl (C=O) groups excluding carboxylic acids is 2. The lowest BCUT2D eigenvalue weighted by atomic mass is 9.95. The molecule has 1 aliphatic carbocycles. The van der Waals surface area contributed by atoms with Crippen LogP contribution in [0.3, 0.4) is 0 Å². The molecule has 2 amide bonds. The van der Waals surface area contributed by atoms with Gasteiger partial charge in [0.1, 0.15) is 6.04 Å². The van der Waals surface area contributed by atoms with Gasteiger partial charge in [0.15, 0.2) is 0 Å². The van der Waals surface area contributed by atoms with Crippen molar-refractivity contribution in [2.24, 2.45) is 5.92 Å². The van der Waals surface area contributed by atoms with Gasteiger partial charge in [-0.05, 0) is 42.7 Å². The average molecular weight is 394 g/mol. The number of fused-ring (bicyclic) bond motifs is 1. The first kappa shape index (κ1) is 21.7. The van der Waals surface area contributed by atoms with Gasteiger partial charge in [0.05, 0.1) is 6.04 Å². The van der Waals surface area contributed by atoms with Gasteiger partial charge in [-0.1, -0.05) is 51.0 Å². The van der Waals surface area contributed by atoms with Crippen molar-refractivity contribution in [1.29, 1.82) is 0 Å². The third kappa shape index (κ3) is 5.94. The van der Waals surface area contributed by atoms with Crippen LogP contribution in [0, 0.1) is 5.92 Å². The number of carbonyl (C=O) groups is 2. The van der Waals surface area contributed by atoms with E-state index in [1.54, 1.807) is 0 Å². The van der Waals surface area contributed by atoms with Crippen LogP contribution in [0.1, 0.15) is 57.1 Å². The van der Waals surface area contributed by atoms with Crippen molar-refractivity contribution in [3.63, 3.8) is 0 Å². The van der Waals surface area contributed by atoms with Crippen LogP contribution in [0.4, 0.5) is 0 Å². The van der Waals surface area contributed by atoms with E-state index in [2.05, 4.69) is 41.9 Å². The van der Waals surface area contributed by atoms with Crippen LogP contribution in [0.5, 0.6) is 0 Å². The summed E-state index contributed by atoms with van der Waals surface area (Å²) >= 11 is 0. The number of hydrogen-bond acceptors (Lipinski definition) is 3. The lowest BCUT2D eigenvalue weighted by molar-refractivity contribution is -0.130. The van der Waals surface area contributed by atoms with Crippen molar-refractivity contribution in [3.05, 3.63) is 35.4 Å². The Bertz CT molecular complexity index is 644. The molecule has 0 radical (unpaired) electrons. The lowest BCUT2D eigenvalue weighted by Gasteiger charge is -2.28. The van der Waals surface area contributed by atoms with E-state index < -0.39 is 6.04 Å². The zero-order valence-corrected chi connectivity index (χ0v) is 17.1. The first-order chi connectivity index (χ1) is 12.5. The van der Waals surface area contributed by atoms with Crippen LogP contribution >= 0.6 is 12.4 Å². The molecule has 1 saturated carbocycles. The van der Waals surface area contributed by atoms with E-state index in [-0.39, 0.29) is 36.3 Å². The Hall–Kier alpha value is -1.59. The molecule has 3 rings (SSSR count). The molecule has 0 unspecified atom stereocenters. The molecule has 150 valence electrons. The Morgan fingerprint density at radius 1 is 1.15 bits per heavy atom. The minimum absolute atomic E-state index is 0. The van der Waals surface area contributed by atoms with Crippen molar-refractivity contribution in [1.82, 2.24) is 16.0 Å². The van der Waals surface area contributed by atoms with E-state index in [1.807, 2.05) is 12.1 Å². The summed E-state index contributed by atoms with van der Waals surface area (Å²) in [6, 6.07) is 7.74. The standard InChI is InChI=1S/C21H31N3O2.ClH/c1-14(2)11-19(21(26)23-17-9-5-6-10-17)24-20(25)18-12-15-7-3-4-8-16(15)13-22-18;/h3-4,7-8,14,17-19,22H,5-6,9-13H2,1-2H3,(H,23,26)(H,24,25);1H/t18-,19+;/m0./s1. The SMILES string of the molecule is CC(C)C[C@@H](NC(=O)[C@@H]1Cc2ccccc2CN1)C(=O)NC1CCCC1.Cl. The van der Waals surface area contributed by atoms with Crippen LogP contribution in [0.2, 0.25) is 0 Å². The van der Waals surface area contributed by atoms with E-state index in [1.165, 1.54) is 24.0 Å². The van der Waals surface area contributed by atoms with Gasteiger partial charge in [-0.2, -0.15) is 0 Å². The number of amides is 2. The second-order valence-electron chi connectivity index (χ2n) is 8.09. The number of halogens is 1. The topological polar surface area (TPSA) is 70.2 Å². The summed E-state index contributed by atoms with van der Waals surface area (Å²) in [5.41, 5.74) is 2.46. The van der Waals surface area contributed by atoms with E-state index in [0.717, 1.165) is 12.8 Å². The highest BCUT2D eigenvalue weighted by Gasteiger charge is 2.29. The van der Waals surface area contributed by atoms with E-state index in [4.69, 9.17) is 0 Å². The van der Waals surface area contributed by atoms with Gasteiger partial charge in [0.25, 0.3) is 0 Å². The zero-order valence-electron chi connectivity index (χ0n) is 16.3. The summed E-state index contributed by atoms with van der Waals surface area (Å²) in [5.74, 6) is 0.233. The molecule has 1 fully saturated rings. The zero-order chi connectivity index (χ0) is 18.5. The highest BCUT2D eigenvalue weighted by molar-refractivity contribution is 5.90. The summed E-state index contributed by atoms with van der Waals surface area (Å²) in [4.78, 5) is 25.5. The summed E-state index contributed by atoms with van der Waals surface area (Å²) in [7, 11) is 0. The number of nitrogens with one attached hydrogen (secondary N) is 3. The Kier molecular flexibility index (Phi) is 8.11. The van der Waals surface area contributed by atoms with Gasteiger partial charge in [-0.3, -0.25) is 9.59 Å². The van der Waals surface area contributed by atoms with Gasteiger partial charge < -0.3 is 16.0 Å². The van der Waals surface area contributed by atoms with Crippen molar-refractivity contribution >= 4 is 24.2 Å². The summed E-state index contributed by atoms with van der Waals surface area (Å²) in [5, 5.41) is 9.45. The summed E-state index contributed by atoms with van der Waals surface area (Å²) < 4.78 is 0. The van der Waals surface area contributed by atoms with Crippen LogP contribution in [0.25, 0.3) is 0 Å². The van der Waals surface area contributed by atoms with E-state index in [0.29, 0.717) is 25.3 Å². The molecule has 2 aliphatic rings. The molecule has 3 N–H and O–H groups in total. The van der Waals surface area contributed by atoms with Crippen LogP contribution in [-0.4, -0.2) is 29.9 Å². The molecule has 1 heterocycles. The number of benzene rings is 1. The molecule has 0 bridgehead atoms. The van der Waals surface area contributed by atoms with Gasteiger partial charge in [-0.15, -0.1) is 12.4 Å². The third-order valence-corrected chi connectivity index (χ3v) is 5.44. The third-order valence-electron chi connectivity index (χ3n) is 5.44. The minimum Gasteiger partial charge on any atom is -0.352 e. The quantitative estimate of drug-likeness (QED) is 0.695. The van der Waals surface area contributed by atoms with Crippen molar-refractivity contribution in [2.45, 2.75) is 77.0 Å². The van der Waals surface area contributed by atoms with E-state index in [9.17, 15) is 9.59 Å². The Morgan fingerprint density at radius 3 is 2.48 bits per heavy atom. The molecule has 1 aliphatic heterocycles. The van der Waals surface area contributed by atoms with Crippen LogP contribution in [0.15, 0.2) is 24.3 Å². The van der Waals surface area contributed by atoms with E-state index >= 15 is 0 Å². The predicted octanol–water partition coefficient (Wildman–Crippen LogP) is 2.71. The molecule has 5 nitrogen and oxygen atoms in total. The number of hydrogen-bond donors (Lipinski definition) is 3. The molecular formula is C21H32ClN3O2. The Balaban J connectivity index is 0.00000261. The van der Waals surface area contributed by atoms with Crippen molar-refractivity contribution < 1.29 is 9.59 Å². The molecule has 1 aromatic carbocycles. The van der Waals surface area contributed by atoms with Crippen LogP contribution in [-0.2, 0) is 22.6 Å². The normalized spacial score (nSPS) is 20.5. The molecule has 6 heteroatoms. The van der Waals surface area contributed by atoms with Gasteiger partial charge in [-0.25, -0.2) is 0 Å². The summed E-state index contributed by atoms with van der Waals surface area (Å²) in [6.45, 7) is 4.85. The van der Waals surface area contributed by atoms with Gasteiger partial charge in [0, 0.05) is 12.6 Å². The van der Waals surface area contributed by atoms with Crippen LogP contribution < -0.4 is 16.0 Å². The molecular weight excluding hydrogens is 362 g/mol. The first-order valence-electron chi connectivity index (χ1n) is 9.94. The average Bonchev–Trinajstić information content (AvgIpc) is 3.13. The highest BCUT2D eigenvalue weighted by Crippen LogP contribution is 2.19. The molecule has 0 saturated heterocycles. The van der Waals surface area contributed by atoms with Gasteiger partial charge >= 0.3 is 0 Å². The predicted molar refractivity (Wildman–Crippen MR) is 110 cm³/mol. The molecule has 27 heavy (non-hydrogen) atoms. The molecule has 0 spiro atoms. The number of rotatable bonds is 6. The second-order valence-corrected chi connectivity index (χ2v) is 8.09. The highest BCUT2D eigenvalue weighted by atomic mass is 35.5. The lowest BCUT2D eigenvalue weighted by Crippen LogP contribution is -2.55. The summed E-state index contributed by atoms with van der Waals surface area (Å²) in [6.07, 6.45) is 5.79. The minimum atomic E-state index is -0.456. The largest absolute Gasteiger partial charge is 0.352 e. The smallest absolute Gasteiger partial charge is 0.242 e. The Labute approximate surface area is 168 Å². The second kappa shape index (κ2) is 10.1. The molecule has 0 aromatic heterocycles. The fourth-order valence-corrected chi connectivity index (χ4v) is 3.99. The van der Waals surface area contributed by atoms with Crippen molar-refractivity contribution in [2.75, 3.05) is 0 Å². The van der Waals surface area contributed by atoms with Crippen molar-refractivity contribution in [3.8, 4) is 0 Å². The Morgan fingerprint density at radius 2 is 1.81 bits per heavy atom. The maximum Gasteiger partial charge on any atom is 0.242 e. The maximum absolute atomic E-state index is 12.8. The molecule has 2 atom stereocenters.